The monoisotopic (exact) mass is 416 g/mol. The maximum atomic E-state index is 12.1. The molecule has 3 rings (SSSR count). The van der Waals surface area contributed by atoms with Crippen molar-refractivity contribution in [1.29, 1.82) is 0 Å². The first kappa shape index (κ1) is 20.8. The number of carbonyl (C=O) groups excluding carboxylic acids is 3. The molecule has 0 spiro atoms. The summed E-state index contributed by atoms with van der Waals surface area (Å²) in [7, 11) is 2.90. The van der Waals surface area contributed by atoms with E-state index in [-0.39, 0.29) is 12.2 Å². The molecule has 0 saturated carbocycles. The van der Waals surface area contributed by atoms with Crippen molar-refractivity contribution < 1.29 is 38.1 Å². The van der Waals surface area contributed by atoms with Crippen LogP contribution in [-0.2, 0) is 14.3 Å². The fraction of sp³-hybridized carbons (Fsp3) is 0.250. The number of fused-ring (bicyclic) bond motifs is 1. The molecule has 0 radical (unpaired) electrons. The maximum absolute atomic E-state index is 12.1. The van der Waals surface area contributed by atoms with Crippen molar-refractivity contribution >= 4 is 17.8 Å². The quantitative estimate of drug-likeness (QED) is 0.525. The topological polar surface area (TPSA) is 121 Å². The van der Waals surface area contributed by atoms with Crippen molar-refractivity contribution in [2.24, 2.45) is 0 Å². The van der Waals surface area contributed by atoms with E-state index in [0.29, 0.717) is 23.0 Å². The lowest BCUT2D eigenvalue weighted by Gasteiger charge is -2.25. The summed E-state index contributed by atoms with van der Waals surface area (Å²) in [6.07, 6.45) is -0.936. The molecule has 158 valence electrons. The summed E-state index contributed by atoms with van der Waals surface area (Å²) in [5, 5.41) is 0. The lowest BCUT2D eigenvalue weighted by molar-refractivity contribution is -0.135. The molecule has 1 atom stereocenters. The predicted octanol–water partition coefficient (Wildman–Crippen LogP) is 0.848. The molecule has 0 aromatic heterocycles. The molecular weight excluding hydrogens is 396 g/mol. The standard InChI is InChI=1S/C20H20N2O8/c1-26-13-8-7-12(9-16(13)27-2)20(25)29-11-18(23)21-22-19(24)17-10-28-14-5-3-4-6-15(14)30-17/h3-9,17H,10-11H2,1-2H3,(H,21,23)(H,22,24)/t17-/m1/s1. The summed E-state index contributed by atoms with van der Waals surface area (Å²) in [6.45, 7) is -0.606. The van der Waals surface area contributed by atoms with Gasteiger partial charge in [-0.25, -0.2) is 4.79 Å². The molecule has 0 unspecified atom stereocenters. The van der Waals surface area contributed by atoms with Crippen LogP contribution < -0.4 is 29.8 Å². The molecule has 2 aromatic carbocycles. The Labute approximate surface area is 172 Å². The summed E-state index contributed by atoms with van der Waals surface area (Å²) in [5.41, 5.74) is 4.54. The highest BCUT2D eigenvalue weighted by atomic mass is 16.6. The number of nitrogens with one attached hydrogen (secondary N) is 2. The van der Waals surface area contributed by atoms with Crippen molar-refractivity contribution in [3.05, 3.63) is 48.0 Å². The van der Waals surface area contributed by atoms with Gasteiger partial charge in [-0.2, -0.15) is 0 Å². The Balaban J connectivity index is 1.45. The largest absolute Gasteiger partial charge is 0.493 e. The molecule has 0 aliphatic carbocycles. The zero-order valence-corrected chi connectivity index (χ0v) is 16.3. The van der Waals surface area contributed by atoms with E-state index >= 15 is 0 Å². The van der Waals surface area contributed by atoms with Gasteiger partial charge in [-0.15, -0.1) is 0 Å². The second-order valence-electron chi connectivity index (χ2n) is 6.05. The molecule has 0 fully saturated rings. The molecule has 1 aliphatic heterocycles. The predicted molar refractivity (Wildman–Crippen MR) is 102 cm³/mol. The van der Waals surface area contributed by atoms with Gasteiger partial charge in [0.1, 0.15) is 6.61 Å². The molecule has 0 bridgehead atoms. The Hall–Kier alpha value is -3.95. The SMILES string of the molecule is COc1ccc(C(=O)OCC(=O)NNC(=O)[C@H]2COc3ccccc3O2)cc1OC. The number of hydrogen-bond donors (Lipinski definition) is 2. The maximum Gasteiger partial charge on any atom is 0.338 e. The summed E-state index contributed by atoms with van der Waals surface area (Å²) in [5.74, 6) is -0.311. The van der Waals surface area contributed by atoms with Gasteiger partial charge < -0.3 is 23.7 Å². The van der Waals surface area contributed by atoms with Crippen molar-refractivity contribution in [3.63, 3.8) is 0 Å². The Bertz CT molecular complexity index is 946. The van der Waals surface area contributed by atoms with Crippen LogP contribution >= 0.6 is 0 Å². The van der Waals surface area contributed by atoms with E-state index in [1.54, 1.807) is 30.3 Å². The normalized spacial score (nSPS) is 14.3. The third-order valence-corrected chi connectivity index (χ3v) is 4.08. The highest BCUT2D eigenvalue weighted by molar-refractivity contribution is 5.92. The summed E-state index contributed by atoms with van der Waals surface area (Å²) in [6, 6.07) is 11.4. The van der Waals surface area contributed by atoms with Crippen LogP contribution in [0.4, 0.5) is 0 Å². The fourth-order valence-corrected chi connectivity index (χ4v) is 2.57. The Morgan fingerprint density at radius 3 is 2.47 bits per heavy atom. The highest BCUT2D eigenvalue weighted by Crippen LogP contribution is 2.31. The lowest BCUT2D eigenvalue weighted by atomic mass is 10.2. The minimum Gasteiger partial charge on any atom is -0.493 e. The van der Waals surface area contributed by atoms with E-state index < -0.39 is 30.5 Å². The second-order valence-corrected chi connectivity index (χ2v) is 6.05. The average Bonchev–Trinajstić information content (AvgIpc) is 2.79. The third-order valence-electron chi connectivity index (χ3n) is 4.08. The van der Waals surface area contributed by atoms with Gasteiger partial charge in [-0.05, 0) is 30.3 Å². The third kappa shape index (κ3) is 4.90. The Morgan fingerprint density at radius 2 is 1.73 bits per heavy atom. The molecule has 0 saturated heterocycles. The number of hydrogen-bond acceptors (Lipinski definition) is 8. The first-order chi connectivity index (χ1) is 14.5. The van der Waals surface area contributed by atoms with Gasteiger partial charge in [0, 0.05) is 0 Å². The number of esters is 1. The zero-order chi connectivity index (χ0) is 21.5. The Kier molecular flexibility index (Phi) is 6.58. The van der Waals surface area contributed by atoms with Crippen LogP contribution in [0, 0.1) is 0 Å². The van der Waals surface area contributed by atoms with E-state index in [2.05, 4.69) is 10.9 Å². The number of hydrazine groups is 1. The number of ether oxygens (including phenoxy) is 5. The fourth-order valence-electron chi connectivity index (χ4n) is 2.57. The number of rotatable bonds is 6. The van der Waals surface area contributed by atoms with Gasteiger partial charge >= 0.3 is 5.97 Å². The number of benzene rings is 2. The lowest BCUT2D eigenvalue weighted by Crippen LogP contribution is -2.51. The van der Waals surface area contributed by atoms with Crippen LogP contribution in [-0.4, -0.2) is 51.3 Å². The molecule has 2 amide bonds. The van der Waals surface area contributed by atoms with Gasteiger partial charge in [0.2, 0.25) is 6.10 Å². The van der Waals surface area contributed by atoms with Crippen molar-refractivity contribution in [1.82, 2.24) is 10.9 Å². The van der Waals surface area contributed by atoms with Crippen LogP contribution in [0.1, 0.15) is 10.4 Å². The summed E-state index contributed by atoms with van der Waals surface area (Å²) in [4.78, 5) is 36.1. The van der Waals surface area contributed by atoms with Crippen molar-refractivity contribution in [2.45, 2.75) is 6.10 Å². The highest BCUT2D eigenvalue weighted by Gasteiger charge is 2.27. The van der Waals surface area contributed by atoms with Gasteiger partial charge in [0.15, 0.2) is 29.6 Å². The van der Waals surface area contributed by atoms with Gasteiger partial charge in [0.05, 0.1) is 19.8 Å². The van der Waals surface area contributed by atoms with E-state index in [4.69, 9.17) is 23.7 Å². The van der Waals surface area contributed by atoms with Gasteiger partial charge in [-0.1, -0.05) is 12.1 Å². The van der Waals surface area contributed by atoms with Crippen LogP contribution in [0.3, 0.4) is 0 Å². The Morgan fingerprint density at radius 1 is 1.00 bits per heavy atom. The van der Waals surface area contributed by atoms with Crippen molar-refractivity contribution in [3.8, 4) is 23.0 Å². The zero-order valence-electron chi connectivity index (χ0n) is 16.3. The van der Waals surface area contributed by atoms with Crippen molar-refractivity contribution in [2.75, 3.05) is 27.4 Å². The molecule has 1 aliphatic rings. The average molecular weight is 416 g/mol. The molecule has 10 heteroatoms. The molecule has 2 N–H and O–H groups in total. The second kappa shape index (κ2) is 9.50. The minimum atomic E-state index is -0.936. The molecule has 30 heavy (non-hydrogen) atoms. The first-order valence-corrected chi connectivity index (χ1v) is 8.88. The smallest absolute Gasteiger partial charge is 0.338 e. The first-order valence-electron chi connectivity index (χ1n) is 8.88. The van der Waals surface area contributed by atoms with E-state index in [0.717, 1.165) is 0 Å². The number of methoxy groups -OCH3 is 2. The molecule has 1 heterocycles. The molecule has 10 nitrogen and oxygen atoms in total. The summed E-state index contributed by atoms with van der Waals surface area (Å²) >= 11 is 0. The van der Waals surface area contributed by atoms with E-state index in [1.165, 1.54) is 26.4 Å². The van der Waals surface area contributed by atoms with Gasteiger partial charge in [0.25, 0.3) is 11.8 Å². The minimum absolute atomic E-state index is 0.00694. The van der Waals surface area contributed by atoms with E-state index in [9.17, 15) is 14.4 Å². The number of amides is 2. The van der Waals surface area contributed by atoms with Crippen LogP contribution in [0.2, 0.25) is 0 Å². The molecule has 2 aromatic rings. The number of para-hydroxylation sites is 2. The summed E-state index contributed by atoms with van der Waals surface area (Å²) < 4.78 is 26.1. The van der Waals surface area contributed by atoms with Crippen LogP contribution in [0.5, 0.6) is 23.0 Å². The van der Waals surface area contributed by atoms with Crippen LogP contribution in [0.25, 0.3) is 0 Å². The number of carbonyl (C=O) groups is 3. The van der Waals surface area contributed by atoms with Crippen LogP contribution in [0.15, 0.2) is 42.5 Å². The van der Waals surface area contributed by atoms with Gasteiger partial charge in [-0.3, -0.25) is 20.4 Å². The molecular formula is C20H20N2O8. The van der Waals surface area contributed by atoms with E-state index in [1.807, 2.05) is 0 Å².